The van der Waals surface area contributed by atoms with Gasteiger partial charge in [0.15, 0.2) is 5.82 Å². The zero-order chi connectivity index (χ0) is 17.2. The molecule has 0 N–H and O–H groups in total. The maximum atomic E-state index is 5.61. The Balaban J connectivity index is 1.84. The number of ether oxygens (including phenoxy) is 2. The smallest absolute Gasteiger partial charge is 0.163 e. The monoisotopic (exact) mass is 336 g/mol. The van der Waals surface area contributed by atoms with E-state index in [0.29, 0.717) is 19.0 Å². The van der Waals surface area contributed by atoms with Gasteiger partial charge in [-0.15, -0.1) is 0 Å². The summed E-state index contributed by atoms with van der Waals surface area (Å²) >= 11 is 0. The van der Waals surface area contributed by atoms with Crippen LogP contribution in [0.3, 0.4) is 0 Å². The number of hydrogen-bond acceptors (Lipinski definition) is 6. The standard InChI is InChI=1S/C19H20N4O2/c1-23(16-11-25-12-17(16)24-2)19-14-7-3-4-8-15(14)21-18(22-19)13-6-5-9-20-10-13/h3-10,16-17H,11-12H2,1-2H3/t16-,17+/m0/s1. The van der Waals surface area contributed by atoms with Crippen molar-refractivity contribution in [2.45, 2.75) is 12.1 Å². The molecule has 0 spiro atoms. The maximum absolute atomic E-state index is 5.61. The second-order valence-corrected chi connectivity index (χ2v) is 6.12. The van der Waals surface area contributed by atoms with Crippen molar-refractivity contribution >= 4 is 16.7 Å². The van der Waals surface area contributed by atoms with E-state index in [1.165, 1.54) is 0 Å². The molecule has 4 rings (SSSR count). The van der Waals surface area contributed by atoms with Gasteiger partial charge in [-0.3, -0.25) is 4.98 Å². The highest BCUT2D eigenvalue weighted by Gasteiger charge is 2.33. The van der Waals surface area contributed by atoms with Crippen LogP contribution in [0.1, 0.15) is 0 Å². The third kappa shape index (κ3) is 2.94. The number of benzene rings is 1. The van der Waals surface area contributed by atoms with Gasteiger partial charge in [0.25, 0.3) is 0 Å². The summed E-state index contributed by atoms with van der Waals surface area (Å²) in [6.45, 7) is 1.22. The molecule has 0 amide bonds. The fourth-order valence-corrected chi connectivity index (χ4v) is 3.22. The summed E-state index contributed by atoms with van der Waals surface area (Å²) in [5.41, 5.74) is 1.81. The van der Waals surface area contributed by atoms with Gasteiger partial charge in [0.1, 0.15) is 11.9 Å². The number of para-hydroxylation sites is 1. The molecule has 6 heteroatoms. The second-order valence-electron chi connectivity index (χ2n) is 6.12. The van der Waals surface area contributed by atoms with E-state index in [4.69, 9.17) is 19.4 Å². The van der Waals surface area contributed by atoms with Crippen LogP contribution in [0.4, 0.5) is 5.82 Å². The van der Waals surface area contributed by atoms with E-state index < -0.39 is 0 Å². The van der Waals surface area contributed by atoms with E-state index in [1.807, 2.05) is 43.4 Å². The number of pyridine rings is 1. The zero-order valence-electron chi connectivity index (χ0n) is 14.3. The zero-order valence-corrected chi connectivity index (χ0v) is 14.3. The number of nitrogens with zero attached hydrogens (tertiary/aromatic N) is 4. The van der Waals surface area contributed by atoms with E-state index in [9.17, 15) is 0 Å². The van der Waals surface area contributed by atoms with Gasteiger partial charge in [0, 0.05) is 37.5 Å². The Bertz CT molecular complexity index is 872. The summed E-state index contributed by atoms with van der Waals surface area (Å²) in [5, 5.41) is 1.01. The molecule has 0 aliphatic carbocycles. The van der Waals surface area contributed by atoms with Crippen LogP contribution in [0.5, 0.6) is 0 Å². The van der Waals surface area contributed by atoms with Gasteiger partial charge in [0.05, 0.1) is 24.8 Å². The number of hydrogen-bond donors (Lipinski definition) is 0. The molecule has 1 saturated heterocycles. The maximum Gasteiger partial charge on any atom is 0.163 e. The molecule has 0 radical (unpaired) electrons. The SMILES string of the molecule is CO[C@@H]1COC[C@@H]1N(C)c1nc(-c2cccnc2)nc2ccccc12. The minimum atomic E-state index is 0.0283. The summed E-state index contributed by atoms with van der Waals surface area (Å²) in [6.07, 6.45) is 3.56. The van der Waals surface area contributed by atoms with E-state index in [1.54, 1.807) is 19.5 Å². The van der Waals surface area contributed by atoms with Crippen LogP contribution in [0.15, 0.2) is 48.8 Å². The van der Waals surface area contributed by atoms with Crippen molar-refractivity contribution in [3.63, 3.8) is 0 Å². The first-order chi connectivity index (χ1) is 12.3. The predicted molar refractivity (Wildman–Crippen MR) is 96.6 cm³/mol. The minimum absolute atomic E-state index is 0.0283. The van der Waals surface area contributed by atoms with Gasteiger partial charge in [-0.1, -0.05) is 12.1 Å². The Kier molecular flexibility index (Phi) is 4.29. The Morgan fingerprint density at radius 1 is 1.12 bits per heavy atom. The lowest BCUT2D eigenvalue weighted by Crippen LogP contribution is -2.42. The third-order valence-electron chi connectivity index (χ3n) is 4.64. The molecule has 1 aliphatic rings. The molecule has 1 aliphatic heterocycles. The van der Waals surface area contributed by atoms with Crippen molar-refractivity contribution in [3.05, 3.63) is 48.8 Å². The van der Waals surface area contributed by atoms with Crippen molar-refractivity contribution in [1.29, 1.82) is 0 Å². The molecule has 128 valence electrons. The van der Waals surface area contributed by atoms with Crippen LogP contribution in [-0.4, -0.2) is 54.5 Å². The molecule has 3 aromatic rings. The van der Waals surface area contributed by atoms with Crippen molar-refractivity contribution < 1.29 is 9.47 Å². The molecule has 0 unspecified atom stereocenters. The lowest BCUT2D eigenvalue weighted by molar-refractivity contribution is 0.0772. The number of fused-ring (bicyclic) bond motifs is 1. The van der Waals surface area contributed by atoms with Gasteiger partial charge in [-0.05, 0) is 24.3 Å². The quantitative estimate of drug-likeness (QED) is 0.730. The molecule has 1 fully saturated rings. The Hall–Kier alpha value is -2.57. The largest absolute Gasteiger partial charge is 0.377 e. The first kappa shape index (κ1) is 15.9. The number of methoxy groups -OCH3 is 1. The average molecular weight is 336 g/mol. The molecule has 1 aromatic carbocycles. The number of anilines is 1. The van der Waals surface area contributed by atoms with Gasteiger partial charge >= 0.3 is 0 Å². The van der Waals surface area contributed by atoms with Crippen molar-refractivity contribution in [1.82, 2.24) is 15.0 Å². The van der Waals surface area contributed by atoms with Crippen LogP contribution in [0.2, 0.25) is 0 Å². The van der Waals surface area contributed by atoms with Gasteiger partial charge in [0.2, 0.25) is 0 Å². The lowest BCUT2D eigenvalue weighted by Gasteiger charge is -2.29. The molecular weight excluding hydrogens is 316 g/mol. The fraction of sp³-hybridized carbons (Fsp3) is 0.316. The predicted octanol–water partition coefficient (Wildman–Crippen LogP) is 2.54. The lowest BCUT2D eigenvalue weighted by atomic mass is 10.1. The molecule has 2 aromatic heterocycles. The van der Waals surface area contributed by atoms with Crippen LogP contribution in [0.25, 0.3) is 22.3 Å². The highest BCUT2D eigenvalue weighted by molar-refractivity contribution is 5.91. The summed E-state index contributed by atoms with van der Waals surface area (Å²) in [4.78, 5) is 15.9. The third-order valence-corrected chi connectivity index (χ3v) is 4.64. The Labute approximate surface area is 146 Å². The highest BCUT2D eigenvalue weighted by Crippen LogP contribution is 2.29. The summed E-state index contributed by atoms with van der Waals surface area (Å²) in [7, 11) is 3.76. The van der Waals surface area contributed by atoms with Crippen LogP contribution in [-0.2, 0) is 9.47 Å². The summed E-state index contributed by atoms with van der Waals surface area (Å²) in [5.74, 6) is 1.54. The number of rotatable bonds is 4. The Morgan fingerprint density at radius 3 is 2.80 bits per heavy atom. The summed E-state index contributed by atoms with van der Waals surface area (Å²) in [6, 6.07) is 12.0. The molecule has 6 nitrogen and oxygen atoms in total. The van der Waals surface area contributed by atoms with E-state index in [0.717, 1.165) is 22.3 Å². The molecule has 3 heterocycles. The van der Waals surface area contributed by atoms with Crippen LogP contribution in [0, 0.1) is 0 Å². The first-order valence-corrected chi connectivity index (χ1v) is 8.28. The Morgan fingerprint density at radius 2 is 2.00 bits per heavy atom. The van der Waals surface area contributed by atoms with Crippen molar-refractivity contribution in [2.24, 2.45) is 0 Å². The summed E-state index contributed by atoms with van der Waals surface area (Å²) < 4.78 is 11.2. The minimum Gasteiger partial charge on any atom is -0.377 e. The fourth-order valence-electron chi connectivity index (χ4n) is 3.22. The molecule has 25 heavy (non-hydrogen) atoms. The normalized spacial score (nSPS) is 20.1. The van der Waals surface area contributed by atoms with E-state index in [2.05, 4.69) is 9.88 Å². The number of aromatic nitrogens is 3. The molecule has 0 saturated carbocycles. The van der Waals surface area contributed by atoms with Crippen molar-refractivity contribution in [2.75, 3.05) is 32.3 Å². The van der Waals surface area contributed by atoms with E-state index >= 15 is 0 Å². The molecular formula is C19H20N4O2. The number of likely N-dealkylation sites (N-methyl/N-ethyl adjacent to an activating group) is 1. The molecule has 2 atom stereocenters. The molecule has 0 bridgehead atoms. The van der Waals surface area contributed by atoms with E-state index in [-0.39, 0.29) is 12.1 Å². The topological polar surface area (TPSA) is 60.4 Å². The average Bonchev–Trinajstić information content (AvgIpc) is 3.16. The van der Waals surface area contributed by atoms with Gasteiger partial charge in [-0.25, -0.2) is 9.97 Å². The van der Waals surface area contributed by atoms with Gasteiger partial charge < -0.3 is 14.4 Å². The first-order valence-electron chi connectivity index (χ1n) is 8.28. The highest BCUT2D eigenvalue weighted by atomic mass is 16.5. The van der Waals surface area contributed by atoms with Gasteiger partial charge in [-0.2, -0.15) is 0 Å². The van der Waals surface area contributed by atoms with Crippen LogP contribution >= 0.6 is 0 Å². The van der Waals surface area contributed by atoms with Crippen LogP contribution < -0.4 is 4.90 Å². The van der Waals surface area contributed by atoms with Crippen molar-refractivity contribution in [3.8, 4) is 11.4 Å². The second kappa shape index (κ2) is 6.74.